The zero-order valence-corrected chi connectivity index (χ0v) is 21.3. The summed E-state index contributed by atoms with van der Waals surface area (Å²) in [7, 11) is -3.05. The number of methoxy groups -OCH3 is 1. The highest BCUT2D eigenvalue weighted by molar-refractivity contribution is 7.85. The van der Waals surface area contributed by atoms with Crippen LogP contribution in [0.1, 0.15) is 22.8 Å². The Labute approximate surface area is 218 Å². The van der Waals surface area contributed by atoms with Crippen molar-refractivity contribution in [3.63, 3.8) is 0 Å². The highest BCUT2D eigenvalue weighted by Crippen LogP contribution is 2.41. The Hall–Kier alpha value is -3.99. The van der Waals surface area contributed by atoms with Crippen molar-refractivity contribution in [3.05, 3.63) is 82.9 Å². The Morgan fingerprint density at radius 1 is 1.05 bits per heavy atom. The summed E-state index contributed by atoms with van der Waals surface area (Å²) in [6, 6.07) is 17.6. The average molecular weight is 540 g/mol. The Morgan fingerprint density at radius 3 is 2.46 bits per heavy atom. The lowest BCUT2D eigenvalue weighted by Gasteiger charge is -2.13. The van der Waals surface area contributed by atoms with Crippen molar-refractivity contribution in [2.75, 3.05) is 12.4 Å². The molecule has 9 nitrogen and oxygen atoms in total. The monoisotopic (exact) mass is 539 g/mol. The smallest absolute Gasteiger partial charge is 0.294 e. The number of carbonyl (C=O) groups is 1. The molecule has 0 radical (unpaired) electrons. The first-order valence-corrected chi connectivity index (χ1v) is 12.9. The number of azo groups is 1. The first-order valence-electron chi connectivity index (χ1n) is 11.0. The number of rotatable bonds is 7. The highest BCUT2D eigenvalue weighted by atomic mass is 35.5. The van der Waals surface area contributed by atoms with Gasteiger partial charge in [-0.3, -0.25) is 9.35 Å². The van der Waals surface area contributed by atoms with E-state index in [4.69, 9.17) is 16.3 Å². The van der Waals surface area contributed by atoms with Crippen LogP contribution in [0, 0.1) is 0 Å². The van der Waals surface area contributed by atoms with Gasteiger partial charge < -0.3 is 15.2 Å². The van der Waals surface area contributed by atoms with Crippen LogP contribution in [0.15, 0.2) is 81.9 Å². The number of fused-ring (bicyclic) bond motifs is 1. The summed E-state index contributed by atoms with van der Waals surface area (Å²) in [4.78, 5) is 12.8. The molecular weight excluding hydrogens is 518 g/mol. The van der Waals surface area contributed by atoms with Crippen LogP contribution in [0.2, 0.25) is 5.02 Å². The van der Waals surface area contributed by atoms with Gasteiger partial charge >= 0.3 is 0 Å². The lowest BCUT2D eigenvalue weighted by molar-refractivity contribution is 0.102. The fraction of sp³-hybridized carbons (Fsp3) is 0.115. The quantitative estimate of drug-likeness (QED) is 0.177. The number of aryl methyl sites for hydroxylation is 1. The van der Waals surface area contributed by atoms with E-state index in [-0.39, 0.29) is 26.9 Å². The minimum atomic E-state index is -4.53. The number of anilines is 1. The van der Waals surface area contributed by atoms with Gasteiger partial charge in [0.2, 0.25) is 0 Å². The van der Waals surface area contributed by atoms with Gasteiger partial charge in [-0.05, 0) is 47.7 Å². The van der Waals surface area contributed by atoms with E-state index >= 15 is 0 Å². The molecular formula is C26H22ClN3O6S. The SMILES string of the molecule is CCc1cc(S(=O)(=O)O)cc(N=Nc2c(O)c(C(=O)Nc3ccccc3OC)cc3ccccc23)c1Cl. The lowest BCUT2D eigenvalue weighted by atomic mass is 10.0. The highest BCUT2D eigenvalue weighted by Gasteiger charge is 2.20. The topological polar surface area (TPSA) is 138 Å². The molecule has 0 heterocycles. The number of phenolic OH excluding ortho intramolecular Hbond substituents is 1. The summed E-state index contributed by atoms with van der Waals surface area (Å²) in [5.74, 6) is -0.604. The van der Waals surface area contributed by atoms with Crippen LogP contribution in [-0.2, 0) is 16.5 Å². The largest absolute Gasteiger partial charge is 0.505 e. The number of nitrogens with zero attached hydrogens (tertiary/aromatic N) is 2. The van der Waals surface area contributed by atoms with Gasteiger partial charge in [0.15, 0.2) is 5.75 Å². The molecule has 4 aromatic carbocycles. The molecule has 37 heavy (non-hydrogen) atoms. The van der Waals surface area contributed by atoms with Crippen LogP contribution in [0.5, 0.6) is 11.5 Å². The van der Waals surface area contributed by atoms with E-state index in [9.17, 15) is 22.9 Å². The van der Waals surface area contributed by atoms with Gasteiger partial charge in [-0.2, -0.15) is 8.42 Å². The molecule has 4 rings (SSSR count). The molecule has 0 aliphatic heterocycles. The van der Waals surface area contributed by atoms with Crippen molar-refractivity contribution >= 4 is 55.5 Å². The van der Waals surface area contributed by atoms with E-state index < -0.39 is 21.8 Å². The number of ether oxygens (including phenoxy) is 1. The molecule has 0 aromatic heterocycles. The summed E-state index contributed by atoms with van der Waals surface area (Å²) >= 11 is 6.39. The Balaban J connectivity index is 1.84. The second kappa shape index (κ2) is 10.6. The molecule has 0 atom stereocenters. The van der Waals surface area contributed by atoms with E-state index in [0.29, 0.717) is 34.2 Å². The van der Waals surface area contributed by atoms with Crippen molar-refractivity contribution in [1.29, 1.82) is 0 Å². The van der Waals surface area contributed by atoms with Crippen molar-refractivity contribution in [2.45, 2.75) is 18.2 Å². The molecule has 0 fully saturated rings. The first kappa shape index (κ1) is 26.1. The zero-order chi connectivity index (χ0) is 26.7. The second-order valence-corrected chi connectivity index (χ2v) is 9.74. The fourth-order valence-electron chi connectivity index (χ4n) is 3.75. The molecule has 11 heteroatoms. The normalized spacial score (nSPS) is 11.7. The molecule has 0 aliphatic rings. The van der Waals surface area contributed by atoms with Crippen LogP contribution in [-0.4, -0.2) is 31.1 Å². The van der Waals surface area contributed by atoms with E-state index in [2.05, 4.69) is 15.5 Å². The zero-order valence-electron chi connectivity index (χ0n) is 19.8. The van der Waals surface area contributed by atoms with Crippen molar-refractivity contribution < 1.29 is 27.6 Å². The van der Waals surface area contributed by atoms with Crippen LogP contribution >= 0.6 is 11.6 Å². The Morgan fingerprint density at radius 2 is 1.76 bits per heavy atom. The second-order valence-electron chi connectivity index (χ2n) is 7.94. The average Bonchev–Trinajstić information content (AvgIpc) is 2.88. The number of nitrogens with one attached hydrogen (secondary N) is 1. The number of hydrogen-bond donors (Lipinski definition) is 3. The van der Waals surface area contributed by atoms with Crippen LogP contribution < -0.4 is 10.1 Å². The maximum Gasteiger partial charge on any atom is 0.294 e. The molecule has 0 bridgehead atoms. The number of amides is 1. The minimum Gasteiger partial charge on any atom is -0.505 e. The van der Waals surface area contributed by atoms with Crippen molar-refractivity contribution in [1.82, 2.24) is 0 Å². The summed E-state index contributed by atoms with van der Waals surface area (Å²) < 4.78 is 38.2. The van der Waals surface area contributed by atoms with Gasteiger partial charge in [0.25, 0.3) is 16.0 Å². The van der Waals surface area contributed by atoms with E-state index in [1.165, 1.54) is 19.2 Å². The van der Waals surface area contributed by atoms with Crippen LogP contribution in [0.3, 0.4) is 0 Å². The predicted molar refractivity (Wildman–Crippen MR) is 141 cm³/mol. The number of benzene rings is 4. The number of halogens is 1. The van der Waals surface area contributed by atoms with Crippen LogP contribution in [0.4, 0.5) is 17.1 Å². The summed E-state index contributed by atoms with van der Waals surface area (Å²) in [6.45, 7) is 1.76. The maximum absolute atomic E-state index is 13.2. The standard InChI is InChI=1S/C26H22ClN3O6S/c1-3-15-12-17(37(33,34)35)14-21(23(15)27)29-30-24-18-9-5-4-8-16(18)13-19(25(24)31)26(32)28-20-10-6-7-11-22(20)36-2/h4-14,31H,3H2,1-2H3,(H,28,32)(H,33,34,35). The first-order chi connectivity index (χ1) is 17.6. The lowest BCUT2D eigenvalue weighted by Crippen LogP contribution is -2.13. The number of hydrogen-bond acceptors (Lipinski definition) is 7. The third-order valence-electron chi connectivity index (χ3n) is 5.63. The maximum atomic E-state index is 13.2. The van der Waals surface area contributed by atoms with Gasteiger partial charge in [0.05, 0.1) is 28.3 Å². The summed E-state index contributed by atoms with van der Waals surface area (Å²) in [5.41, 5.74) is 0.734. The van der Waals surface area contributed by atoms with E-state index in [1.54, 1.807) is 55.5 Å². The van der Waals surface area contributed by atoms with E-state index in [1.807, 2.05) is 0 Å². The molecule has 0 saturated carbocycles. The fourth-order valence-corrected chi connectivity index (χ4v) is 4.58. The third kappa shape index (κ3) is 5.41. The van der Waals surface area contributed by atoms with Gasteiger partial charge in [-0.15, -0.1) is 10.2 Å². The number of para-hydroxylation sites is 2. The third-order valence-corrected chi connectivity index (χ3v) is 6.90. The molecule has 4 aromatic rings. The van der Waals surface area contributed by atoms with Crippen molar-refractivity contribution in [2.24, 2.45) is 10.2 Å². The summed E-state index contributed by atoms with van der Waals surface area (Å²) in [5, 5.41) is 23.3. The van der Waals surface area contributed by atoms with E-state index in [0.717, 1.165) is 6.07 Å². The predicted octanol–water partition coefficient (Wildman–Crippen LogP) is 6.68. The minimum absolute atomic E-state index is 0.0188. The molecule has 190 valence electrons. The molecule has 0 saturated heterocycles. The Bertz CT molecular complexity index is 1650. The number of phenols is 1. The van der Waals surface area contributed by atoms with Gasteiger partial charge in [0.1, 0.15) is 17.1 Å². The van der Waals surface area contributed by atoms with Crippen LogP contribution in [0.25, 0.3) is 10.8 Å². The van der Waals surface area contributed by atoms with Crippen molar-refractivity contribution in [3.8, 4) is 11.5 Å². The van der Waals surface area contributed by atoms with Gasteiger partial charge in [-0.25, -0.2) is 0 Å². The molecule has 0 unspecified atom stereocenters. The molecule has 0 spiro atoms. The van der Waals surface area contributed by atoms with Gasteiger partial charge in [0, 0.05) is 5.39 Å². The molecule has 0 aliphatic carbocycles. The Kier molecular flexibility index (Phi) is 7.44. The number of carbonyl (C=O) groups excluding carboxylic acids is 1. The van der Waals surface area contributed by atoms with Gasteiger partial charge in [-0.1, -0.05) is 54.9 Å². The molecule has 1 amide bonds. The summed E-state index contributed by atoms with van der Waals surface area (Å²) in [6.07, 6.45) is 0.373. The number of aromatic hydroxyl groups is 1. The molecule has 3 N–H and O–H groups in total.